The number of quaternary nitrogens is 1. The standard InChI is InChI=1S/C48H57N3O6/c1-4-24-51(25-11-12-26-56-34-38-14-7-5-8-15-38,48(54)42-28-36(2)27-41(31-42)47(49)53)45(46(52)33-50-32-40-18-13-19-44(29-40)55-3)30-37-20-22-43(23-21-37)57-35-39-16-9-6-10-17-39/h5-10,13-23,27-29,31,45-46,50,52H,4,11-12,24-26,30,32-35H2,1-3H3,(H-,49,53)/p+1/t45-,46+,51?/m0/s1. The SMILES string of the molecule is CCC[N+](CCCCOCc1ccccc1)(C(=O)c1cc(C)cc(C(N)=O)c1)[C@@H](Cc1ccc(OCc2ccccc2)cc1)[C@H](O)CNCc1cccc(OC)c1. The van der Waals surface area contributed by atoms with Gasteiger partial charge in [-0.05, 0) is 96.5 Å². The van der Waals surface area contributed by atoms with Crippen LogP contribution < -0.4 is 20.5 Å². The van der Waals surface area contributed by atoms with Crippen LogP contribution in [0.15, 0.2) is 127 Å². The Bertz CT molecular complexity index is 1990. The highest BCUT2D eigenvalue weighted by Crippen LogP contribution is 2.29. The van der Waals surface area contributed by atoms with Crippen molar-refractivity contribution in [2.24, 2.45) is 5.73 Å². The first kappa shape index (κ1) is 42.8. The monoisotopic (exact) mass is 772 g/mol. The minimum atomic E-state index is -0.921. The molecule has 0 fully saturated rings. The lowest BCUT2D eigenvalue weighted by Crippen LogP contribution is -2.66. The molecule has 0 aliphatic rings. The highest BCUT2D eigenvalue weighted by molar-refractivity contribution is 5.97. The number of carbonyl (C=O) groups excluding carboxylic acids is 2. The molecule has 0 aromatic heterocycles. The van der Waals surface area contributed by atoms with Crippen LogP contribution in [0.2, 0.25) is 0 Å². The van der Waals surface area contributed by atoms with Crippen LogP contribution >= 0.6 is 0 Å². The van der Waals surface area contributed by atoms with E-state index in [9.17, 15) is 9.90 Å². The van der Waals surface area contributed by atoms with Crippen molar-refractivity contribution in [3.05, 3.63) is 166 Å². The summed E-state index contributed by atoms with van der Waals surface area (Å²) in [6.07, 6.45) is 1.61. The fourth-order valence-electron chi connectivity index (χ4n) is 7.49. The maximum absolute atomic E-state index is 15.3. The highest BCUT2D eigenvalue weighted by atomic mass is 16.5. The van der Waals surface area contributed by atoms with Crippen molar-refractivity contribution >= 4 is 11.8 Å². The molecule has 0 radical (unpaired) electrons. The molecule has 0 aliphatic heterocycles. The van der Waals surface area contributed by atoms with Gasteiger partial charge in [0.15, 0.2) is 0 Å². The van der Waals surface area contributed by atoms with Crippen LogP contribution in [0.3, 0.4) is 0 Å². The fourth-order valence-corrected chi connectivity index (χ4v) is 7.49. The number of hydrogen-bond donors (Lipinski definition) is 3. The Kier molecular flexibility index (Phi) is 16.4. The van der Waals surface area contributed by atoms with E-state index < -0.39 is 18.1 Å². The van der Waals surface area contributed by atoms with E-state index in [1.165, 1.54) is 0 Å². The molecule has 300 valence electrons. The van der Waals surface area contributed by atoms with Gasteiger partial charge in [-0.2, -0.15) is 0 Å². The van der Waals surface area contributed by atoms with E-state index in [1.54, 1.807) is 19.2 Å². The summed E-state index contributed by atoms with van der Waals surface area (Å²) in [4.78, 5) is 27.7. The molecule has 0 spiro atoms. The number of ether oxygens (including phenoxy) is 3. The summed E-state index contributed by atoms with van der Waals surface area (Å²) in [7, 11) is 1.64. The van der Waals surface area contributed by atoms with Crippen molar-refractivity contribution in [1.29, 1.82) is 0 Å². The number of carbonyl (C=O) groups is 2. The second-order valence-electron chi connectivity index (χ2n) is 14.7. The van der Waals surface area contributed by atoms with E-state index in [0.717, 1.165) is 45.7 Å². The normalized spacial score (nSPS) is 13.3. The van der Waals surface area contributed by atoms with Gasteiger partial charge in [-0.15, -0.1) is 0 Å². The minimum absolute atomic E-state index is 0.00882. The number of amides is 2. The van der Waals surface area contributed by atoms with Crippen molar-refractivity contribution in [3.63, 3.8) is 0 Å². The molecule has 5 aromatic rings. The topological polar surface area (TPSA) is 120 Å². The van der Waals surface area contributed by atoms with Crippen LogP contribution in [0.25, 0.3) is 0 Å². The van der Waals surface area contributed by atoms with Crippen LogP contribution in [0.4, 0.5) is 0 Å². The molecule has 9 nitrogen and oxygen atoms in total. The van der Waals surface area contributed by atoms with Gasteiger partial charge in [0.05, 0.1) is 32.4 Å². The van der Waals surface area contributed by atoms with E-state index in [0.29, 0.717) is 64.3 Å². The molecule has 0 heterocycles. The summed E-state index contributed by atoms with van der Waals surface area (Å²) in [5.41, 5.74) is 11.4. The molecular weight excluding hydrogens is 715 g/mol. The lowest BCUT2D eigenvalue weighted by molar-refractivity contribution is -0.879. The largest absolute Gasteiger partial charge is 0.497 e. The van der Waals surface area contributed by atoms with Crippen LogP contribution in [-0.4, -0.2) is 66.9 Å². The number of aliphatic hydroxyl groups excluding tert-OH is 1. The molecule has 5 aromatic carbocycles. The van der Waals surface area contributed by atoms with Gasteiger partial charge in [0.25, 0.3) is 0 Å². The zero-order valence-corrected chi connectivity index (χ0v) is 33.6. The summed E-state index contributed by atoms with van der Waals surface area (Å²) in [6.45, 7) is 7.13. The average Bonchev–Trinajstić information content (AvgIpc) is 3.23. The Hall–Kier alpha value is -5.32. The molecule has 0 bridgehead atoms. The maximum atomic E-state index is 15.3. The number of unbranched alkanes of at least 4 members (excludes halogenated alkanes) is 1. The predicted octanol–water partition coefficient (Wildman–Crippen LogP) is 7.81. The summed E-state index contributed by atoms with van der Waals surface area (Å²) < 4.78 is 17.6. The third-order valence-electron chi connectivity index (χ3n) is 10.4. The van der Waals surface area contributed by atoms with Crippen LogP contribution in [-0.2, 0) is 30.9 Å². The molecule has 57 heavy (non-hydrogen) atoms. The highest BCUT2D eigenvalue weighted by Gasteiger charge is 2.47. The second kappa shape index (κ2) is 21.8. The summed E-state index contributed by atoms with van der Waals surface area (Å²) >= 11 is 0. The van der Waals surface area contributed by atoms with E-state index >= 15 is 4.79 Å². The van der Waals surface area contributed by atoms with Gasteiger partial charge in [0.1, 0.15) is 30.3 Å². The van der Waals surface area contributed by atoms with Crippen LogP contribution in [0, 0.1) is 6.92 Å². The van der Waals surface area contributed by atoms with Gasteiger partial charge < -0.3 is 30.4 Å². The Balaban J connectivity index is 1.46. The van der Waals surface area contributed by atoms with E-state index in [1.807, 2.05) is 122 Å². The Morgan fingerprint density at radius 2 is 1.40 bits per heavy atom. The van der Waals surface area contributed by atoms with E-state index in [2.05, 4.69) is 12.2 Å². The van der Waals surface area contributed by atoms with Crippen LogP contribution in [0.1, 0.15) is 74.7 Å². The van der Waals surface area contributed by atoms with Gasteiger partial charge in [0.2, 0.25) is 5.91 Å². The first-order valence-corrected chi connectivity index (χ1v) is 19.9. The van der Waals surface area contributed by atoms with E-state index in [4.69, 9.17) is 19.9 Å². The molecule has 3 atom stereocenters. The molecular formula is C48H58N3O6+. The predicted molar refractivity (Wildman–Crippen MR) is 225 cm³/mol. The van der Waals surface area contributed by atoms with Crippen molar-refractivity contribution < 1.29 is 33.4 Å². The van der Waals surface area contributed by atoms with Crippen molar-refractivity contribution in [3.8, 4) is 11.5 Å². The number of hydrogen-bond acceptors (Lipinski definition) is 7. The zero-order chi connectivity index (χ0) is 40.5. The van der Waals surface area contributed by atoms with Crippen molar-refractivity contribution in [2.75, 3.05) is 33.4 Å². The maximum Gasteiger partial charge on any atom is 0.346 e. The Morgan fingerprint density at radius 3 is 2.07 bits per heavy atom. The quantitative estimate of drug-likeness (QED) is 0.0458. The van der Waals surface area contributed by atoms with Gasteiger partial charge >= 0.3 is 5.91 Å². The lowest BCUT2D eigenvalue weighted by Gasteiger charge is -2.45. The fraction of sp³-hybridized carbons (Fsp3) is 0.333. The number of nitrogens with two attached hydrogens (primary N) is 1. The number of nitrogens with one attached hydrogen (secondary N) is 1. The molecule has 9 heteroatoms. The number of benzene rings is 5. The Labute approximate surface area is 338 Å². The zero-order valence-electron chi connectivity index (χ0n) is 33.6. The van der Waals surface area contributed by atoms with Gasteiger partial charge in [-0.1, -0.05) is 91.9 Å². The average molecular weight is 773 g/mol. The molecule has 5 rings (SSSR count). The number of nitrogens with zero attached hydrogens (tertiary/aromatic N) is 1. The smallest absolute Gasteiger partial charge is 0.346 e. The third kappa shape index (κ3) is 12.6. The molecule has 0 aliphatic carbocycles. The van der Waals surface area contributed by atoms with E-state index in [-0.39, 0.29) is 22.5 Å². The number of primary amides is 1. The van der Waals surface area contributed by atoms with Crippen molar-refractivity contribution in [2.45, 2.75) is 71.4 Å². The summed E-state index contributed by atoms with van der Waals surface area (Å²) in [5, 5.41) is 15.8. The first-order valence-electron chi connectivity index (χ1n) is 19.9. The number of rotatable bonds is 23. The number of aryl methyl sites for hydroxylation is 1. The second-order valence-corrected chi connectivity index (χ2v) is 14.7. The third-order valence-corrected chi connectivity index (χ3v) is 10.4. The molecule has 1 unspecified atom stereocenters. The summed E-state index contributed by atoms with van der Waals surface area (Å²) in [6, 6.07) is 40.4. The lowest BCUT2D eigenvalue weighted by atomic mass is 9.93. The van der Waals surface area contributed by atoms with Gasteiger partial charge in [-0.25, -0.2) is 4.79 Å². The first-order chi connectivity index (χ1) is 27.7. The minimum Gasteiger partial charge on any atom is -0.497 e. The van der Waals surface area contributed by atoms with Crippen molar-refractivity contribution in [1.82, 2.24) is 5.32 Å². The van der Waals surface area contributed by atoms with Crippen LogP contribution in [0.5, 0.6) is 11.5 Å². The Morgan fingerprint density at radius 1 is 0.737 bits per heavy atom. The molecule has 4 N–H and O–H groups in total. The molecule has 0 saturated heterocycles. The van der Waals surface area contributed by atoms with Gasteiger partial charge in [-0.3, -0.25) is 9.28 Å². The van der Waals surface area contributed by atoms with Gasteiger partial charge in [0, 0.05) is 31.7 Å². The molecule has 2 amide bonds. The number of methoxy groups -OCH3 is 1. The molecule has 0 saturated carbocycles. The number of aliphatic hydroxyl groups is 1. The summed E-state index contributed by atoms with van der Waals surface area (Å²) in [5.74, 6) is 0.756.